The SMILES string of the molecule is CNC(c1ccc2c(c1)OCCO2)C1COC(C)C1. The van der Waals surface area contributed by atoms with Crippen LogP contribution in [-0.2, 0) is 4.74 Å². The standard InChI is InChI=1S/C15H21NO3/c1-10-7-12(9-19-10)15(16-2)11-3-4-13-14(8-11)18-6-5-17-13/h3-4,8,10,12,15-16H,5-7,9H2,1-2H3. The molecule has 3 unspecified atom stereocenters. The Morgan fingerprint density at radius 3 is 2.68 bits per heavy atom. The third kappa shape index (κ3) is 2.55. The highest BCUT2D eigenvalue weighted by atomic mass is 16.6. The first-order valence-corrected chi connectivity index (χ1v) is 6.96. The average molecular weight is 263 g/mol. The molecule has 104 valence electrons. The van der Waals surface area contributed by atoms with Crippen LogP contribution in [0.15, 0.2) is 18.2 Å². The number of nitrogens with one attached hydrogen (secondary N) is 1. The smallest absolute Gasteiger partial charge is 0.161 e. The van der Waals surface area contributed by atoms with Crippen LogP contribution >= 0.6 is 0 Å². The molecule has 0 spiro atoms. The number of benzene rings is 1. The molecule has 0 bridgehead atoms. The quantitative estimate of drug-likeness (QED) is 0.907. The van der Waals surface area contributed by atoms with Crippen LogP contribution in [0.1, 0.15) is 24.9 Å². The lowest BCUT2D eigenvalue weighted by molar-refractivity contribution is 0.117. The predicted molar refractivity (Wildman–Crippen MR) is 72.8 cm³/mol. The average Bonchev–Trinajstić information content (AvgIpc) is 2.86. The van der Waals surface area contributed by atoms with E-state index < -0.39 is 0 Å². The molecule has 2 aliphatic rings. The van der Waals surface area contributed by atoms with Gasteiger partial charge < -0.3 is 19.5 Å². The highest BCUT2D eigenvalue weighted by Crippen LogP contribution is 2.37. The second-order valence-electron chi connectivity index (χ2n) is 5.31. The lowest BCUT2D eigenvalue weighted by Gasteiger charge is -2.25. The molecule has 0 amide bonds. The minimum Gasteiger partial charge on any atom is -0.486 e. The predicted octanol–water partition coefficient (Wildman–Crippen LogP) is 2.14. The number of rotatable bonds is 3. The zero-order valence-corrected chi connectivity index (χ0v) is 11.5. The van der Waals surface area contributed by atoms with Crippen molar-refractivity contribution in [3.63, 3.8) is 0 Å². The van der Waals surface area contributed by atoms with Crippen LogP contribution in [-0.4, -0.2) is 33.0 Å². The summed E-state index contributed by atoms with van der Waals surface area (Å²) in [5, 5.41) is 3.41. The van der Waals surface area contributed by atoms with Gasteiger partial charge in [-0.05, 0) is 38.1 Å². The first kappa shape index (κ1) is 12.8. The van der Waals surface area contributed by atoms with E-state index in [1.54, 1.807) is 0 Å². The van der Waals surface area contributed by atoms with Crippen molar-refractivity contribution in [1.29, 1.82) is 0 Å². The summed E-state index contributed by atoms with van der Waals surface area (Å²) in [5.74, 6) is 2.22. The summed E-state index contributed by atoms with van der Waals surface area (Å²) >= 11 is 0. The number of hydrogen-bond donors (Lipinski definition) is 1. The third-order valence-corrected chi connectivity index (χ3v) is 3.94. The van der Waals surface area contributed by atoms with E-state index in [4.69, 9.17) is 14.2 Å². The molecule has 3 atom stereocenters. The Labute approximate surface area is 114 Å². The third-order valence-electron chi connectivity index (χ3n) is 3.94. The van der Waals surface area contributed by atoms with Crippen molar-refractivity contribution in [3.05, 3.63) is 23.8 Å². The maximum Gasteiger partial charge on any atom is 0.161 e. The van der Waals surface area contributed by atoms with E-state index in [2.05, 4.69) is 24.4 Å². The monoisotopic (exact) mass is 263 g/mol. The largest absolute Gasteiger partial charge is 0.486 e. The van der Waals surface area contributed by atoms with E-state index >= 15 is 0 Å². The minimum absolute atomic E-state index is 0.306. The van der Waals surface area contributed by atoms with Gasteiger partial charge in [-0.25, -0.2) is 0 Å². The minimum atomic E-state index is 0.306. The Bertz CT molecular complexity index is 449. The van der Waals surface area contributed by atoms with Crippen LogP contribution in [0.5, 0.6) is 11.5 Å². The molecule has 2 aliphatic heterocycles. The normalized spacial score (nSPS) is 27.3. The second kappa shape index (κ2) is 5.39. The van der Waals surface area contributed by atoms with Gasteiger partial charge in [0.1, 0.15) is 13.2 Å². The van der Waals surface area contributed by atoms with E-state index in [0.29, 0.717) is 31.3 Å². The van der Waals surface area contributed by atoms with Gasteiger partial charge in [0.05, 0.1) is 12.7 Å². The Morgan fingerprint density at radius 1 is 1.21 bits per heavy atom. The lowest BCUT2D eigenvalue weighted by Crippen LogP contribution is -2.26. The van der Waals surface area contributed by atoms with Gasteiger partial charge in [-0.2, -0.15) is 0 Å². The molecule has 19 heavy (non-hydrogen) atoms. The van der Waals surface area contributed by atoms with Crippen molar-refractivity contribution in [2.75, 3.05) is 26.9 Å². The Balaban J connectivity index is 1.83. The number of fused-ring (bicyclic) bond motifs is 1. The van der Waals surface area contributed by atoms with E-state index in [0.717, 1.165) is 24.5 Å². The topological polar surface area (TPSA) is 39.7 Å². The molecule has 4 nitrogen and oxygen atoms in total. The van der Waals surface area contributed by atoms with E-state index in [1.165, 1.54) is 5.56 Å². The van der Waals surface area contributed by atoms with Crippen molar-refractivity contribution >= 4 is 0 Å². The van der Waals surface area contributed by atoms with E-state index in [1.807, 2.05) is 13.1 Å². The molecular weight excluding hydrogens is 242 g/mol. The highest BCUT2D eigenvalue weighted by molar-refractivity contribution is 5.44. The molecule has 4 heteroatoms. The van der Waals surface area contributed by atoms with Gasteiger partial charge in [0.25, 0.3) is 0 Å². The summed E-state index contributed by atoms with van der Waals surface area (Å²) in [7, 11) is 2.00. The molecule has 0 aliphatic carbocycles. The summed E-state index contributed by atoms with van der Waals surface area (Å²) in [6, 6.07) is 6.53. The molecular formula is C15H21NO3. The first-order chi connectivity index (χ1) is 9.28. The fourth-order valence-corrected chi connectivity index (χ4v) is 3.01. The summed E-state index contributed by atoms with van der Waals surface area (Å²) < 4.78 is 16.9. The van der Waals surface area contributed by atoms with Gasteiger partial charge >= 0.3 is 0 Å². The summed E-state index contributed by atoms with van der Waals surface area (Å²) in [6.45, 7) is 4.22. The molecule has 1 N–H and O–H groups in total. The van der Waals surface area contributed by atoms with Crippen molar-refractivity contribution < 1.29 is 14.2 Å². The summed E-state index contributed by atoms with van der Waals surface area (Å²) in [4.78, 5) is 0. The van der Waals surface area contributed by atoms with Crippen LogP contribution in [0.4, 0.5) is 0 Å². The maximum absolute atomic E-state index is 5.69. The highest BCUT2D eigenvalue weighted by Gasteiger charge is 2.30. The lowest BCUT2D eigenvalue weighted by atomic mass is 9.91. The fourth-order valence-electron chi connectivity index (χ4n) is 3.01. The molecule has 0 saturated carbocycles. The van der Waals surface area contributed by atoms with Gasteiger partial charge in [0.15, 0.2) is 11.5 Å². The van der Waals surface area contributed by atoms with Crippen molar-refractivity contribution in [2.24, 2.45) is 5.92 Å². The van der Waals surface area contributed by atoms with E-state index in [-0.39, 0.29) is 0 Å². The van der Waals surface area contributed by atoms with Gasteiger partial charge in [-0.15, -0.1) is 0 Å². The molecule has 1 fully saturated rings. The van der Waals surface area contributed by atoms with Gasteiger partial charge in [-0.3, -0.25) is 0 Å². The van der Waals surface area contributed by atoms with Crippen molar-refractivity contribution in [2.45, 2.75) is 25.5 Å². The Kier molecular flexibility index (Phi) is 3.62. The van der Waals surface area contributed by atoms with Gasteiger partial charge in [-0.1, -0.05) is 6.07 Å². The summed E-state index contributed by atoms with van der Waals surface area (Å²) in [5.41, 5.74) is 1.24. The second-order valence-corrected chi connectivity index (χ2v) is 5.31. The Morgan fingerprint density at radius 2 is 2.00 bits per heavy atom. The summed E-state index contributed by atoms with van der Waals surface area (Å²) in [6.07, 6.45) is 1.46. The number of ether oxygens (including phenoxy) is 3. The first-order valence-electron chi connectivity index (χ1n) is 6.96. The zero-order chi connectivity index (χ0) is 13.2. The number of hydrogen-bond acceptors (Lipinski definition) is 4. The molecule has 2 heterocycles. The maximum atomic E-state index is 5.69. The van der Waals surface area contributed by atoms with Gasteiger partial charge in [0.2, 0.25) is 0 Å². The van der Waals surface area contributed by atoms with Crippen LogP contribution in [0.2, 0.25) is 0 Å². The molecule has 0 radical (unpaired) electrons. The zero-order valence-electron chi connectivity index (χ0n) is 11.5. The van der Waals surface area contributed by atoms with Crippen LogP contribution in [0.3, 0.4) is 0 Å². The van der Waals surface area contributed by atoms with Crippen molar-refractivity contribution in [3.8, 4) is 11.5 Å². The fraction of sp³-hybridized carbons (Fsp3) is 0.600. The van der Waals surface area contributed by atoms with Gasteiger partial charge in [0, 0.05) is 12.0 Å². The molecule has 1 aromatic carbocycles. The molecule has 0 aromatic heterocycles. The van der Waals surface area contributed by atoms with Crippen LogP contribution in [0.25, 0.3) is 0 Å². The van der Waals surface area contributed by atoms with E-state index in [9.17, 15) is 0 Å². The van der Waals surface area contributed by atoms with Crippen LogP contribution < -0.4 is 14.8 Å². The molecule has 1 saturated heterocycles. The molecule has 3 rings (SSSR count). The molecule has 1 aromatic rings. The Hall–Kier alpha value is -1.26. The van der Waals surface area contributed by atoms with Crippen LogP contribution in [0, 0.1) is 5.92 Å². The van der Waals surface area contributed by atoms with Crippen molar-refractivity contribution in [1.82, 2.24) is 5.32 Å².